The number of benzene rings is 2. The SMILES string of the molecule is O=C(NCc1cccc(Cl)c1)c1ccc([N+](=O)[O-])cc1. The maximum atomic E-state index is 11.9. The highest BCUT2D eigenvalue weighted by atomic mass is 35.5. The summed E-state index contributed by atoms with van der Waals surface area (Å²) in [5.41, 5.74) is 1.21. The number of nitro benzene ring substituents is 1. The van der Waals surface area contributed by atoms with E-state index in [-0.39, 0.29) is 11.6 Å². The fourth-order valence-corrected chi connectivity index (χ4v) is 1.88. The molecule has 0 saturated heterocycles. The molecule has 0 unspecified atom stereocenters. The second-order valence-electron chi connectivity index (χ2n) is 4.12. The molecule has 0 aliphatic rings. The van der Waals surface area contributed by atoms with Gasteiger partial charge in [-0.05, 0) is 29.8 Å². The van der Waals surface area contributed by atoms with Gasteiger partial charge < -0.3 is 5.32 Å². The van der Waals surface area contributed by atoms with E-state index in [1.165, 1.54) is 24.3 Å². The Morgan fingerprint density at radius 1 is 1.20 bits per heavy atom. The van der Waals surface area contributed by atoms with Crippen LogP contribution in [0.25, 0.3) is 0 Å². The molecule has 0 saturated carbocycles. The van der Waals surface area contributed by atoms with E-state index in [0.29, 0.717) is 17.1 Å². The molecule has 0 aliphatic heterocycles. The number of carbonyl (C=O) groups excluding carboxylic acids is 1. The van der Waals surface area contributed by atoms with Crippen molar-refractivity contribution >= 4 is 23.2 Å². The summed E-state index contributed by atoms with van der Waals surface area (Å²) in [6.45, 7) is 0.344. The lowest BCUT2D eigenvalue weighted by Crippen LogP contribution is -2.22. The summed E-state index contributed by atoms with van der Waals surface area (Å²) < 4.78 is 0. The van der Waals surface area contributed by atoms with Crippen LogP contribution in [0.4, 0.5) is 5.69 Å². The van der Waals surface area contributed by atoms with Crippen molar-refractivity contribution in [1.29, 1.82) is 0 Å². The average molecular weight is 291 g/mol. The Kier molecular flexibility index (Phi) is 4.32. The minimum atomic E-state index is -0.506. The van der Waals surface area contributed by atoms with Crippen molar-refractivity contribution in [2.75, 3.05) is 0 Å². The molecule has 0 atom stereocenters. The van der Waals surface area contributed by atoms with Crippen LogP contribution in [0.3, 0.4) is 0 Å². The molecular weight excluding hydrogens is 280 g/mol. The summed E-state index contributed by atoms with van der Waals surface area (Å²) in [5.74, 6) is -0.292. The fourth-order valence-electron chi connectivity index (χ4n) is 1.67. The highest BCUT2D eigenvalue weighted by Crippen LogP contribution is 2.13. The molecule has 0 aliphatic carbocycles. The van der Waals surface area contributed by atoms with Crippen molar-refractivity contribution in [3.05, 3.63) is 74.8 Å². The van der Waals surface area contributed by atoms with Gasteiger partial charge in [0.1, 0.15) is 0 Å². The van der Waals surface area contributed by atoms with Crippen LogP contribution in [-0.4, -0.2) is 10.8 Å². The predicted octanol–water partition coefficient (Wildman–Crippen LogP) is 3.18. The lowest BCUT2D eigenvalue weighted by atomic mass is 10.2. The van der Waals surface area contributed by atoms with E-state index in [1.807, 2.05) is 6.07 Å². The van der Waals surface area contributed by atoms with Crippen LogP contribution in [0, 0.1) is 10.1 Å². The first-order valence-electron chi connectivity index (χ1n) is 5.83. The van der Waals surface area contributed by atoms with Crippen LogP contribution in [0.15, 0.2) is 48.5 Å². The normalized spacial score (nSPS) is 10.1. The Labute approximate surface area is 120 Å². The van der Waals surface area contributed by atoms with Gasteiger partial charge in [-0.3, -0.25) is 14.9 Å². The molecule has 20 heavy (non-hydrogen) atoms. The quantitative estimate of drug-likeness (QED) is 0.694. The van der Waals surface area contributed by atoms with Gasteiger partial charge in [0.2, 0.25) is 0 Å². The Hall–Kier alpha value is -2.40. The average Bonchev–Trinajstić information content (AvgIpc) is 2.45. The molecule has 2 aromatic rings. The van der Waals surface area contributed by atoms with Crippen molar-refractivity contribution in [2.24, 2.45) is 0 Å². The number of hydrogen-bond donors (Lipinski definition) is 1. The Morgan fingerprint density at radius 3 is 2.50 bits per heavy atom. The summed E-state index contributed by atoms with van der Waals surface area (Å²) in [5, 5.41) is 13.8. The van der Waals surface area contributed by atoms with Crippen molar-refractivity contribution in [3.8, 4) is 0 Å². The molecule has 2 rings (SSSR count). The number of non-ortho nitro benzene ring substituents is 1. The molecule has 5 nitrogen and oxygen atoms in total. The topological polar surface area (TPSA) is 72.2 Å². The van der Waals surface area contributed by atoms with Gasteiger partial charge in [-0.1, -0.05) is 23.7 Å². The molecule has 102 valence electrons. The van der Waals surface area contributed by atoms with Gasteiger partial charge in [0.05, 0.1) is 4.92 Å². The number of nitrogens with one attached hydrogen (secondary N) is 1. The highest BCUT2D eigenvalue weighted by Gasteiger charge is 2.09. The molecule has 0 fully saturated rings. The Balaban J connectivity index is 1.99. The molecule has 1 N–H and O–H groups in total. The van der Waals surface area contributed by atoms with Gasteiger partial charge >= 0.3 is 0 Å². The highest BCUT2D eigenvalue weighted by molar-refractivity contribution is 6.30. The number of hydrogen-bond acceptors (Lipinski definition) is 3. The van der Waals surface area contributed by atoms with Crippen LogP contribution in [0.2, 0.25) is 5.02 Å². The number of amides is 1. The van der Waals surface area contributed by atoms with Crippen molar-refractivity contribution in [3.63, 3.8) is 0 Å². The third kappa shape index (κ3) is 3.55. The van der Waals surface area contributed by atoms with Crippen LogP contribution in [-0.2, 0) is 6.54 Å². The monoisotopic (exact) mass is 290 g/mol. The molecule has 0 aromatic heterocycles. The molecule has 0 bridgehead atoms. The number of rotatable bonds is 4. The summed E-state index contributed by atoms with van der Waals surface area (Å²) in [6.07, 6.45) is 0. The van der Waals surface area contributed by atoms with Gasteiger partial charge in [-0.2, -0.15) is 0 Å². The van der Waals surface area contributed by atoms with E-state index in [0.717, 1.165) is 5.56 Å². The van der Waals surface area contributed by atoms with E-state index in [9.17, 15) is 14.9 Å². The molecular formula is C14H11ClN2O3. The minimum absolute atomic E-state index is 0.0450. The van der Waals surface area contributed by atoms with Crippen LogP contribution in [0.1, 0.15) is 15.9 Å². The third-order valence-electron chi connectivity index (χ3n) is 2.68. The number of halogens is 1. The molecule has 1 amide bonds. The van der Waals surface area contributed by atoms with Gasteiger partial charge in [0, 0.05) is 29.3 Å². The number of nitro groups is 1. The maximum absolute atomic E-state index is 11.9. The summed E-state index contributed by atoms with van der Waals surface area (Å²) in [7, 11) is 0. The molecule has 0 heterocycles. The first-order chi connectivity index (χ1) is 9.56. The zero-order valence-electron chi connectivity index (χ0n) is 10.4. The zero-order chi connectivity index (χ0) is 14.5. The van der Waals surface area contributed by atoms with Crippen molar-refractivity contribution in [1.82, 2.24) is 5.32 Å². The second-order valence-corrected chi connectivity index (χ2v) is 4.55. The zero-order valence-corrected chi connectivity index (χ0v) is 11.1. The Morgan fingerprint density at radius 2 is 1.90 bits per heavy atom. The van der Waals surface area contributed by atoms with E-state index in [2.05, 4.69) is 5.32 Å². The van der Waals surface area contributed by atoms with E-state index < -0.39 is 4.92 Å². The Bertz CT molecular complexity index is 641. The van der Waals surface area contributed by atoms with Crippen LogP contribution < -0.4 is 5.32 Å². The van der Waals surface area contributed by atoms with Gasteiger partial charge in [-0.25, -0.2) is 0 Å². The van der Waals surface area contributed by atoms with Crippen LogP contribution >= 0.6 is 11.6 Å². The van der Waals surface area contributed by atoms with Gasteiger partial charge in [-0.15, -0.1) is 0 Å². The van der Waals surface area contributed by atoms with Gasteiger partial charge in [0.15, 0.2) is 0 Å². The lowest BCUT2D eigenvalue weighted by molar-refractivity contribution is -0.384. The fraction of sp³-hybridized carbons (Fsp3) is 0.0714. The molecule has 2 aromatic carbocycles. The summed E-state index contributed by atoms with van der Waals surface area (Å²) in [6, 6.07) is 12.6. The molecule has 0 spiro atoms. The summed E-state index contributed by atoms with van der Waals surface area (Å²) in [4.78, 5) is 21.9. The van der Waals surface area contributed by atoms with E-state index in [4.69, 9.17) is 11.6 Å². The third-order valence-corrected chi connectivity index (χ3v) is 2.92. The summed E-state index contributed by atoms with van der Waals surface area (Å²) >= 11 is 5.85. The van der Waals surface area contributed by atoms with E-state index in [1.54, 1.807) is 18.2 Å². The predicted molar refractivity (Wildman–Crippen MR) is 75.7 cm³/mol. The first-order valence-corrected chi connectivity index (χ1v) is 6.21. The molecule has 6 heteroatoms. The largest absolute Gasteiger partial charge is 0.348 e. The maximum Gasteiger partial charge on any atom is 0.269 e. The van der Waals surface area contributed by atoms with E-state index >= 15 is 0 Å². The lowest BCUT2D eigenvalue weighted by Gasteiger charge is -2.05. The number of carbonyl (C=O) groups is 1. The van der Waals surface area contributed by atoms with Crippen LogP contribution in [0.5, 0.6) is 0 Å². The smallest absolute Gasteiger partial charge is 0.269 e. The van der Waals surface area contributed by atoms with Gasteiger partial charge in [0.25, 0.3) is 11.6 Å². The van der Waals surface area contributed by atoms with Crippen molar-refractivity contribution < 1.29 is 9.72 Å². The standard InChI is InChI=1S/C14H11ClN2O3/c15-12-3-1-2-10(8-12)9-16-14(18)11-4-6-13(7-5-11)17(19)20/h1-8H,9H2,(H,16,18). The minimum Gasteiger partial charge on any atom is -0.348 e. The molecule has 0 radical (unpaired) electrons. The first kappa shape index (κ1) is 14.0. The van der Waals surface area contributed by atoms with Crippen molar-refractivity contribution in [2.45, 2.75) is 6.54 Å². The second kappa shape index (κ2) is 6.16. The number of nitrogens with zero attached hydrogens (tertiary/aromatic N) is 1.